The van der Waals surface area contributed by atoms with Crippen LogP contribution in [0, 0.1) is 6.92 Å². The Bertz CT molecular complexity index is 1460. The van der Waals surface area contributed by atoms with Crippen molar-refractivity contribution >= 4 is 21.9 Å². The highest BCUT2D eigenvalue weighted by Crippen LogP contribution is 2.47. The van der Waals surface area contributed by atoms with Crippen LogP contribution in [0.15, 0.2) is 80.4 Å². The van der Waals surface area contributed by atoms with Crippen LogP contribution >= 0.6 is 0 Å². The van der Waals surface area contributed by atoms with Crippen LogP contribution in [-0.4, -0.2) is 14.2 Å². The van der Waals surface area contributed by atoms with Crippen LogP contribution in [0.5, 0.6) is 11.5 Å². The topological polar surface area (TPSA) is 61.8 Å². The van der Waals surface area contributed by atoms with Crippen LogP contribution in [-0.2, 0) is 0 Å². The molecule has 5 aromatic rings. The summed E-state index contributed by atoms with van der Waals surface area (Å²) in [5, 5.41) is 1.59. The third kappa shape index (κ3) is 3.06. The van der Waals surface area contributed by atoms with Crippen LogP contribution in [0.4, 0.5) is 0 Å². The predicted molar refractivity (Wildman–Crippen MR) is 121 cm³/mol. The Kier molecular flexibility index (Phi) is 4.51. The molecule has 0 aliphatic rings. The van der Waals surface area contributed by atoms with Gasteiger partial charge in [0, 0.05) is 23.3 Å². The number of benzene rings is 3. The highest BCUT2D eigenvalue weighted by Gasteiger charge is 2.24. The van der Waals surface area contributed by atoms with Gasteiger partial charge in [-0.1, -0.05) is 42.5 Å². The van der Waals surface area contributed by atoms with Gasteiger partial charge in [-0.2, -0.15) is 0 Å². The third-order valence-corrected chi connectivity index (χ3v) is 5.46. The van der Waals surface area contributed by atoms with Crippen molar-refractivity contribution < 1.29 is 18.3 Å². The van der Waals surface area contributed by atoms with Crippen LogP contribution < -0.4 is 15.1 Å². The maximum absolute atomic E-state index is 12.0. The average Bonchev–Trinajstić information content (AvgIpc) is 3.19. The van der Waals surface area contributed by atoms with Gasteiger partial charge in [-0.25, -0.2) is 4.79 Å². The molecule has 5 heteroatoms. The van der Waals surface area contributed by atoms with E-state index in [0.29, 0.717) is 16.9 Å². The van der Waals surface area contributed by atoms with Gasteiger partial charge in [0.1, 0.15) is 28.4 Å². The Morgan fingerprint density at radius 3 is 2.19 bits per heavy atom. The molecule has 0 radical (unpaired) electrons. The molecule has 0 spiro atoms. The first-order valence-corrected chi connectivity index (χ1v) is 9.88. The maximum atomic E-state index is 12.0. The lowest BCUT2D eigenvalue weighted by Gasteiger charge is -2.09. The maximum Gasteiger partial charge on any atom is 0.336 e. The monoisotopic (exact) mass is 412 g/mol. The second kappa shape index (κ2) is 7.36. The van der Waals surface area contributed by atoms with E-state index in [1.807, 2.05) is 61.5 Å². The van der Waals surface area contributed by atoms with E-state index in [2.05, 4.69) is 0 Å². The van der Waals surface area contributed by atoms with E-state index >= 15 is 0 Å². The summed E-state index contributed by atoms with van der Waals surface area (Å²) in [6.07, 6.45) is 0. The highest BCUT2D eigenvalue weighted by molar-refractivity contribution is 6.15. The van der Waals surface area contributed by atoms with Crippen molar-refractivity contribution in [2.75, 3.05) is 14.2 Å². The molecule has 0 saturated carbocycles. The Morgan fingerprint density at radius 2 is 1.52 bits per heavy atom. The van der Waals surface area contributed by atoms with E-state index in [0.717, 1.165) is 44.5 Å². The number of hydrogen-bond acceptors (Lipinski definition) is 5. The second-order valence-electron chi connectivity index (χ2n) is 7.31. The van der Waals surface area contributed by atoms with Crippen molar-refractivity contribution in [3.05, 3.63) is 82.7 Å². The van der Waals surface area contributed by atoms with Gasteiger partial charge in [-0.05, 0) is 30.2 Å². The second-order valence-corrected chi connectivity index (χ2v) is 7.31. The van der Waals surface area contributed by atoms with E-state index in [9.17, 15) is 4.79 Å². The van der Waals surface area contributed by atoms with Crippen LogP contribution in [0.2, 0.25) is 0 Å². The fourth-order valence-electron chi connectivity index (χ4n) is 4.05. The Balaban J connectivity index is 1.96. The van der Waals surface area contributed by atoms with Crippen LogP contribution in [0.25, 0.3) is 44.4 Å². The van der Waals surface area contributed by atoms with Gasteiger partial charge in [0.05, 0.1) is 25.0 Å². The van der Waals surface area contributed by atoms with Crippen molar-refractivity contribution in [3.63, 3.8) is 0 Å². The lowest BCUT2D eigenvalue weighted by molar-refractivity contribution is 0.415. The van der Waals surface area contributed by atoms with Crippen molar-refractivity contribution in [2.24, 2.45) is 0 Å². The molecule has 5 nitrogen and oxygen atoms in total. The first kappa shape index (κ1) is 19.0. The standard InChI is InChI=1S/C26H20O5/c1-15-13-21(27)30-20-14-19(29-3)24-23(16-9-11-18(28-2)12-10-16)25(31-26(24)22(15)20)17-7-5-4-6-8-17/h4-14H,1-3H3. The number of rotatable bonds is 4. The van der Waals surface area contributed by atoms with E-state index in [4.69, 9.17) is 18.3 Å². The minimum absolute atomic E-state index is 0.406. The minimum atomic E-state index is -0.406. The molecule has 0 unspecified atom stereocenters. The predicted octanol–water partition coefficient (Wildman–Crippen LogP) is 6.20. The average molecular weight is 412 g/mol. The summed E-state index contributed by atoms with van der Waals surface area (Å²) in [7, 11) is 3.24. The van der Waals surface area contributed by atoms with Gasteiger partial charge in [-0.15, -0.1) is 0 Å². The molecule has 5 rings (SSSR count). The molecule has 0 aliphatic heterocycles. The van der Waals surface area contributed by atoms with Gasteiger partial charge < -0.3 is 18.3 Å². The number of fused-ring (bicyclic) bond motifs is 3. The molecule has 3 aromatic carbocycles. The smallest absolute Gasteiger partial charge is 0.336 e. The number of methoxy groups -OCH3 is 2. The molecule has 0 amide bonds. The van der Waals surface area contributed by atoms with Gasteiger partial charge in [0.25, 0.3) is 0 Å². The lowest BCUT2D eigenvalue weighted by atomic mass is 9.96. The first-order chi connectivity index (χ1) is 15.1. The summed E-state index contributed by atoms with van der Waals surface area (Å²) in [5.41, 5.74) is 4.25. The summed E-state index contributed by atoms with van der Waals surface area (Å²) in [5.74, 6) is 2.07. The number of hydrogen-bond donors (Lipinski definition) is 0. The molecule has 0 bridgehead atoms. The molecule has 154 valence electrons. The molecule has 0 N–H and O–H groups in total. The quantitative estimate of drug-likeness (QED) is 0.329. The molecular weight excluding hydrogens is 392 g/mol. The SMILES string of the molecule is COc1ccc(-c2c(-c3ccccc3)oc3c2c(OC)cc2oc(=O)cc(C)c23)cc1. The van der Waals surface area contributed by atoms with Crippen LogP contribution in [0.3, 0.4) is 0 Å². The molecule has 31 heavy (non-hydrogen) atoms. The van der Waals surface area contributed by atoms with Gasteiger partial charge in [0.15, 0.2) is 0 Å². The van der Waals surface area contributed by atoms with Crippen molar-refractivity contribution in [3.8, 4) is 33.9 Å². The van der Waals surface area contributed by atoms with E-state index < -0.39 is 5.63 Å². The van der Waals surface area contributed by atoms with Crippen LogP contribution in [0.1, 0.15) is 5.56 Å². The summed E-state index contributed by atoms with van der Waals surface area (Å²) in [6, 6.07) is 21.0. The van der Waals surface area contributed by atoms with Gasteiger partial charge in [-0.3, -0.25) is 0 Å². The molecule has 0 atom stereocenters. The number of ether oxygens (including phenoxy) is 2. The largest absolute Gasteiger partial charge is 0.497 e. The zero-order chi connectivity index (χ0) is 21.5. The number of aryl methyl sites for hydroxylation is 1. The summed E-state index contributed by atoms with van der Waals surface area (Å²) in [6.45, 7) is 1.88. The minimum Gasteiger partial charge on any atom is -0.497 e. The molecule has 0 fully saturated rings. The number of furan rings is 1. The van der Waals surface area contributed by atoms with Gasteiger partial charge >= 0.3 is 5.63 Å². The van der Waals surface area contributed by atoms with E-state index in [1.165, 1.54) is 6.07 Å². The van der Waals surface area contributed by atoms with E-state index in [-0.39, 0.29) is 0 Å². The van der Waals surface area contributed by atoms with E-state index in [1.54, 1.807) is 20.3 Å². The fraction of sp³-hybridized carbons (Fsp3) is 0.115. The lowest BCUT2D eigenvalue weighted by Crippen LogP contribution is -1.98. The molecular formula is C26H20O5. The summed E-state index contributed by atoms with van der Waals surface area (Å²) >= 11 is 0. The van der Waals surface area contributed by atoms with Crippen molar-refractivity contribution in [1.82, 2.24) is 0 Å². The van der Waals surface area contributed by atoms with Crippen molar-refractivity contribution in [1.29, 1.82) is 0 Å². The molecule has 0 saturated heterocycles. The Morgan fingerprint density at radius 1 is 0.774 bits per heavy atom. The summed E-state index contributed by atoms with van der Waals surface area (Å²) < 4.78 is 23.0. The third-order valence-electron chi connectivity index (χ3n) is 5.46. The zero-order valence-corrected chi connectivity index (χ0v) is 17.4. The Hall–Kier alpha value is -3.99. The summed E-state index contributed by atoms with van der Waals surface area (Å²) in [4.78, 5) is 12.0. The Labute approximate surface area is 178 Å². The highest BCUT2D eigenvalue weighted by atomic mass is 16.5. The zero-order valence-electron chi connectivity index (χ0n) is 17.4. The van der Waals surface area contributed by atoms with Gasteiger partial charge in [0.2, 0.25) is 0 Å². The first-order valence-electron chi connectivity index (χ1n) is 9.88. The fourth-order valence-corrected chi connectivity index (χ4v) is 4.05. The molecule has 0 aliphatic carbocycles. The normalized spacial score (nSPS) is 11.2. The van der Waals surface area contributed by atoms with Crippen molar-refractivity contribution in [2.45, 2.75) is 6.92 Å². The molecule has 2 heterocycles. The molecule has 2 aromatic heterocycles.